The van der Waals surface area contributed by atoms with Gasteiger partial charge in [0.25, 0.3) is 0 Å². The van der Waals surface area contributed by atoms with E-state index in [0.717, 1.165) is 5.76 Å². The van der Waals surface area contributed by atoms with E-state index in [1.165, 1.54) is 0 Å². The summed E-state index contributed by atoms with van der Waals surface area (Å²) in [5.74, 6) is 0.812. The molecule has 3 nitrogen and oxygen atoms in total. The van der Waals surface area contributed by atoms with Gasteiger partial charge in [0, 0.05) is 22.2 Å². The highest BCUT2D eigenvalue weighted by Gasteiger charge is 2.14. The van der Waals surface area contributed by atoms with E-state index in [2.05, 4.69) is 5.32 Å². The number of furan rings is 1. The van der Waals surface area contributed by atoms with Gasteiger partial charge in [-0.15, -0.1) is 0 Å². The summed E-state index contributed by atoms with van der Waals surface area (Å²) in [4.78, 5) is 0. The van der Waals surface area contributed by atoms with Gasteiger partial charge in [0.1, 0.15) is 5.76 Å². The Balaban J connectivity index is 1.93. The van der Waals surface area contributed by atoms with Gasteiger partial charge in [-0.3, -0.25) is 0 Å². The van der Waals surface area contributed by atoms with Crippen LogP contribution in [-0.2, 0) is 6.54 Å². The van der Waals surface area contributed by atoms with E-state index in [4.69, 9.17) is 27.6 Å². The highest BCUT2D eigenvalue weighted by molar-refractivity contribution is 6.36. The van der Waals surface area contributed by atoms with Gasteiger partial charge in [0.2, 0.25) is 0 Å². The predicted octanol–water partition coefficient (Wildman–Crippen LogP) is 3.41. The molecule has 0 spiro atoms. The van der Waals surface area contributed by atoms with E-state index in [9.17, 15) is 5.11 Å². The van der Waals surface area contributed by atoms with Crippen LogP contribution >= 0.6 is 23.2 Å². The van der Waals surface area contributed by atoms with Crippen LogP contribution in [0.4, 0.5) is 0 Å². The predicted molar refractivity (Wildman–Crippen MR) is 71.8 cm³/mol. The first-order valence-electron chi connectivity index (χ1n) is 5.53. The fourth-order valence-electron chi connectivity index (χ4n) is 1.68. The summed E-state index contributed by atoms with van der Waals surface area (Å²) in [5.41, 5.74) is 0.549. The van der Waals surface area contributed by atoms with Gasteiger partial charge < -0.3 is 14.8 Å². The van der Waals surface area contributed by atoms with Crippen molar-refractivity contribution in [3.63, 3.8) is 0 Å². The SMILES string of the molecule is OC(CNCc1ccco1)c1c(Cl)cccc1Cl. The molecule has 2 aromatic rings. The third-order valence-electron chi connectivity index (χ3n) is 2.55. The van der Waals surface area contributed by atoms with Crippen LogP contribution in [0.15, 0.2) is 41.0 Å². The van der Waals surface area contributed by atoms with Crippen LogP contribution in [0.5, 0.6) is 0 Å². The zero-order chi connectivity index (χ0) is 13.0. The zero-order valence-corrected chi connectivity index (χ0v) is 11.1. The van der Waals surface area contributed by atoms with Gasteiger partial charge in [0.15, 0.2) is 0 Å². The number of aliphatic hydroxyl groups is 1. The van der Waals surface area contributed by atoms with Crippen LogP contribution < -0.4 is 5.32 Å². The number of hydrogen-bond donors (Lipinski definition) is 2. The highest BCUT2D eigenvalue weighted by Crippen LogP contribution is 2.29. The molecule has 18 heavy (non-hydrogen) atoms. The van der Waals surface area contributed by atoms with E-state index in [1.807, 2.05) is 12.1 Å². The summed E-state index contributed by atoms with van der Waals surface area (Å²) in [5, 5.41) is 14.1. The minimum Gasteiger partial charge on any atom is -0.468 e. The lowest BCUT2D eigenvalue weighted by atomic mass is 10.1. The molecule has 1 aromatic heterocycles. The van der Waals surface area contributed by atoms with Crippen LogP contribution in [0.3, 0.4) is 0 Å². The number of nitrogens with one attached hydrogen (secondary N) is 1. The van der Waals surface area contributed by atoms with Crippen LogP contribution in [0.2, 0.25) is 10.0 Å². The van der Waals surface area contributed by atoms with Crippen molar-refractivity contribution >= 4 is 23.2 Å². The minimum absolute atomic E-state index is 0.351. The van der Waals surface area contributed by atoms with Crippen molar-refractivity contribution in [3.8, 4) is 0 Å². The maximum absolute atomic E-state index is 10.0. The number of hydrogen-bond acceptors (Lipinski definition) is 3. The largest absolute Gasteiger partial charge is 0.468 e. The van der Waals surface area contributed by atoms with Crippen LogP contribution in [0, 0.1) is 0 Å². The molecule has 2 rings (SSSR count). The Kier molecular flexibility index (Phi) is 4.66. The lowest BCUT2D eigenvalue weighted by Crippen LogP contribution is -2.21. The van der Waals surface area contributed by atoms with E-state index in [1.54, 1.807) is 24.5 Å². The average Bonchev–Trinajstić information content (AvgIpc) is 2.82. The Morgan fingerprint density at radius 2 is 1.89 bits per heavy atom. The first-order valence-corrected chi connectivity index (χ1v) is 6.29. The van der Waals surface area contributed by atoms with E-state index in [0.29, 0.717) is 28.7 Å². The maximum Gasteiger partial charge on any atom is 0.117 e. The molecule has 1 unspecified atom stereocenters. The van der Waals surface area contributed by atoms with Gasteiger partial charge in [-0.1, -0.05) is 29.3 Å². The lowest BCUT2D eigenvalue weighted by molar-refractivity contribution is 0.173. The van der Waals surface area contributed by atoms with Crippen LogP contribution in [0.1, 0.15) is 17.4 Å². The van der Waals surface area contributed by atoms with Gasteiger partial charge in [-0.2, -0.15) is 0 Å². The van der Waals surface area contributed by atoms with Crippen molar-refractivity contribution in [1.82, 2.24) is 5.32 Å². The molecule has 1 aromatic carbocycles. The van der Waals surface area contributed by atoms with Crippen molar-refractivity contribution in [2.24, 2.45) is 0 Å². The van der Waals surface area contributed by atoms with Crippen molar-refractivity contribution in [2.45, 2.75) is 12.6 Å². The fourth-order valence-corrected chi connectivity index (χ4v) is 2.33. The fraction of sp³-hybridized carbons (Fsp3) is 0.231. The standard InChI is InChI=1S/C13H13Cl2NO2/c14-10-4-1-5-11(15)13(10)12(17)8-16-7-9-3-2-6-18-9/h1-6,12,16-17H,7-8H2. The molecule has 0 radical (unpaired) electrons. The van der Waals surface area contributed by atoms with E-state index < -0.39 is 6.10 Å². The molecular weight excluding hydrogens is 273 g/mol. The molecule has 1 heterocycles. The van der Waals surface area contributed by atoms with E-state index >= 15 is 0 Å². The van der Waals surface area contributed by atoms with Gasteiger partial charge in [-0.05, 0) is 24.3 Å². The van der Waals surface area contributed by atoms with Crippen LogP contribution in [0.25, 0.3) is 0 Å². The van der Waals surface area contributed by atoms with Gasteiger partial charge >= 0.3 is 0 Å². The van der Waals surface area contributed by atoms with Crippen molar-refractivity contribution in [2.75, 3.05) is 6.54 Å². The molecule has 0 bridgehead atoms. The lowest BCUT2D eigenvalue weighted by Gasteiger charge is -2.14. The maximum atomic E-state index is 10.0. The van der Waals surface area contributed by atoms with Crippen molar-refractivity contribution in [1.29, 1.82) is 0 Å². The molecule has 0 saturated carbocycles. The normalized spacial score (nSPS) is 12.6. The quantitative estimate of drug-likeness (QED) is 0.885. The Morgan fingerprint density at radius 1 is 1.17 bits per heavy atom. The minimum atomic E-state index is -0.749. The third-order valence-corrected chi connectivity index (χ3v) is 3.21. The molecule has 96 valence electrons. The molecule has 1 atom stereocenters. The zero-order valence-electron chi connectivity index (χ0n) is 9.57. The van der Waals surface area contributed by atoms with Crippen molar-refractivity contribution in [3.05, 3.63) is 58.0 Å². The molecule has 0 amide bonds. The second kappa shape index (κ2) is 6.25. The Labute approximate surface area is 115 Å². The summed E-state index contributed by atoms with van der Waals surface area (Å²) in [7, 11) is 0. The molecular formula is C13H13Cl2NO2. The third kappa shape index (κ3) is 3.27. The number of halogens is 2. The smallest absolute Gasteiger partial charge is 0.117 e. The first-order chi connectivity index (χ1) is 8.68. The summed E-state index contributed by atoms with van der Waals surface area (Å²) in [6.45, 7) is 0.899. The topological polar surface area (TPSA) is 45.4 Å². The Morgan fingerprint density at radius 3 is 2.50 bits per heavy atom. The monoisotopic (exact) mass is 285 g/mol. The second-order valence-corrected chi connectivity index (χ2v) is 4.68. The number of benzene rings is 1. The van der Waals surface area contributed by atoms with Gasteiger partial charge in [0.05, 0.1) is 18.9 Å². The number of aliphatic hydroxyl groups excluding tert-OH is 1. The summed E-state index contributed by atoms with van der Waals surface area (Å²) >= 11 is 12.0. The number of rotatable bonds is 5. The van der Waals surface area contributed by atoms with Crippen molar-refractivity contribution < 1.29 is 9.52 Å². The highest BCUT2D eigenvalue weighted by atomic mass is 35.5. The van der Waals surface area contributed by atoms with Crippen LogP contribution in [-0.4, -0.2) is 11.7 Å². The molecule has 2 N–H and O–H groups in total. The van der Waals surface area contributed by atoms with Gasteiger partial charge in [-0.25, -0.2) is 0 Å². The summed E-state index contributed by atoms with van der Waals surface area (Å²) < 4.78 is 5.17. The Bertz CT molecular complexity index is 479. The second-order valence-electron chi connectivity index (χ2n) is 3.86. The average molecular weight is 286 g/mol. The molecule has 0 aliphatic carbocycles. The summed E-state index contributed by atoms with van der Waals surface area (Å²) in [6, 6.07) is 8.84. The first kappa shape index (κ1) is 13.4. The van der Waals surface area contributed by atoms with E-state index in [-0.39, 0.29) is 0 Å². The molecule has 5 heteroatoms. The molecule has 0 saturated heterocycles. The summed E-state index contributed by atoms with van der Waals surface area (Å²) in [6.07, 6.45) is 0.861. The molecule has 0 aliphatic rings. The Hall–Kier alpha value is -1.00. The molecule has 0 aliphatic heterocycles. The molecule has 0 fully saturated rings.